The van der Waals surface area contributed by atoms with E-state index in [0.29, 0.717) is 12.1 Å². The molecule has 0 saturated heterocycles. The number of nitrogens with two attached hydrogens (primary N) is 1. The molecule has 0 saturated carbocycles. The van der Waals surface area contributed by atoms with Gasteiger partial charge in [0.15, 0.2) is 0 Å². The van der Waals surface area contributed by atoms with Gasteiger partial charge in [0.25, 0.3) is 5.91 Å². The highest BCUT2D eigenvalue weighted by atomic mass is 32.2. The van der Waals surface area contributed by atoms with Crippen molar-refractivity contribution in [3.05, 3.63) is 24.3 Å². The number of rotatable bonds is 9. The number of halogens is 3. The fraction of sp³-hybridized carbons (Fsp3) is 0.500. The summed E-state index contributed by atoms with van der Waals surface area (Å²) in [5.74, 6) is 0.551. The van der Waals surface area contributed by atoms with Crippen molar-refractivity contribution in [2.75, 3.05) is 16.9 Å². The molecule has 0 bridgehead atoms. The SMILES string of the molecule is CCSCC[C@@H](N)C(O)C(=O)NNc1ccc(OC(F)(F)F)cc1. The minimum absolute atomic E-state index is 0.320. The maximum absolute atomic E-state index is 12.0. The summed E-state index contributed by atoms with van der Waals surface area (Å²) in [6.07, 6.45) is -5.67. The fourth-order valence-corrected chi connectivity index (χ4v) is 2.39. The first-order valence-electron chi connectivity index (χ1n) is 7.16. The molecule has 1 aromatic carbocycles. The van der Waals surface area contributed by atoms with E-state index in [4.69, 9.17) is 5.73 Å². The van der Waals surface area contributed by atoms with Crippen molar-refractivity contribution in [2.45, 2.75) is 31.9 Å². The Bertz CT molecular complexity index is 514. The molecule has 6 nitrogen and oxygen atoms in total. The Morgan fingerprint density at radius 3 is 2.54 bits per heavy atom. The number of hydrogen-bond acceptors (Lipinski definition) is 6. The van der Waals surface area contributed by atoms with Gasteiger partial charge in [-0.25, -0.2) is 0 Å². The summed E-state index contributed by atoms with van der Waals surface area (Å²) in [6.45, 7) is 1.99. The number of thioether (sulfide) groups is 1. The summed E-state index contributed by atoms with van der Waals surface area (Å²) >= 11 is 1.65. The van der Waals surface area contributed by atoms with Gasteiger partial charge in [0.2, 0.25) is 0 Å². The molecule has 136 valence electrons. The third kappa shape index (κ3) is 7.75. The van der Waals surface area contributed by atoms with Gasteiger partial charge in [-0.15, -0.1) is 13.2 Å². The summed E-state index contributed by atoms with van der Waals surface area (Å²) in [4.78, 5) is 11.8. The van der Waals surface area contributed by atoms with E-state index in [1.807, 2.05) is 6.92 Å². The van der Waals surface area contributed by atoms with E-state index < -0.39 is 24.4 Å². The lowest BCUT2D eigenvalue weighted by Gasteiger charge is -2.18. The minimum atomic E-state index is -4.76. The maximum atomic E-state index is 12.0. The number of hydrogen-bond donors (Lipinski definition) is 4. The van der Waals surface area contributed by atoms with E-state index in [0.717, 1.165) is 23.6 Å². The van der Waals surface area contributed by atoms with Crippen LogP contribution in [0.2, 0.25) is 0 Å². The van der Waals surface area contributed by atoms with Crippen LogP contribution in [-0.2, 0) is 4.79 Å². The molecule has 2 atom stereocenters. The maximum Gasteiger partial charge on any atom is 0.573 e. The lowest BCUT2D eigenvalue weighted by atomic mass is 10.1. The number of hydrazine groups is 1. The zero-order chi connectivity index (χ0) is 18.2. The van der Waals surface area contributed by atoms with Crippen molar-refractivity contribution in [2.24, 2.45) is 5.73 Å². The van der Waals surface area contributed by atoms with Gasteiger partial charge in [-0.3, -0.25) is 15.6 Å². The molecule has 0 aliphatic rings. The first kappa shape index (κ1) is 20.4. The molecular formula is C14H20F3N3O3S. The Morgan fingerprint density at radius 1 is 1.38 bits per heavy atom. The van der Waals surface area contributed by atoms with Gasteiger partial charge in [0.05, 0.1) is 5.69 Å². The van der Waals surface area contributed by atoms with Gasteiger partial charge in [-0.05, 0) is 42.2 Å². The molecule has 0 aromatic heterocycles. The lowest BCUT2D eigenvalue weighted by Crippen LogP contribution is -2.48. The molecule has 24 heavy (non-hydrogen) atoms. The van der Waals surface area contributed by atoms with Crippen LogP contribution in [0.5, 0.6) is 5.75 Å². The van der Waals surface area contributed by atoms with Crippen molar-refractivity contribution in [3.8, 4) is 5.75 Å². The van der Waals surface area contributed by atoms with E-state index >= 15 is 0 Å². The highest BCUT2D eigenvalue weighted by molar-refractivity contribution is 7.99. The average Bonchev–Trinajstić information content (AvgIpc) is 2.51. The summed E-state index contributed by atoms with van der Waals surface area (Å²) in [5, 5.41) is 9.80. The second-order valence-corrected chi connectivity index (χ2v) is 6.17. The average molecular weight is 367 g/mol. The molecular weight excluding hydrogens is 347 g/mol. The topological polar surface area (TPSA) is 96.6 Å². The number of alkyl halides is 3. The second-order valence-electron chi connectivity index (χ2n) is 4.78. The molecule has 5 N–H and O–H groups in total. The fourth-order valence-electron chi connectivity index (χ4n) is 1.66. The van der Waals surface area contributed by atoms with E-state index in [2.05, 4.69) is 15.6 Å². The van der Waals surface area contributed by atoms with Crippen LogP contribution >= 0.6 is 11.8 Å². The van der Waals surface area contributed by atoms with Crippen LogP contribution < -0.4 is 21.3 Å². The van der Waals surface area contributed by atoms with Gasteiger partial charge in [0, 0.05) is 6.04 Å². The number of ether oxygens (including phenoxy) is 1. The third-order valence-electron chi connectivity index (χ3n) is 2.89. The zero-order valence-electron chi connectivity index (χ0n) is 13.0. The molecule has 1 amide bonds. The number of anilines is 1. The third-order valence-corrected chi connectivity index (χ3v) is 3.82. The van der Waals surface area contributed by atoms with Crippen molar-refractivity contribution >= 4 is 23.4 Å². The molecule has 0 spiro atoms. The van der Waals surface area contributed by atoms with Crippen LogP contribution in [0.4, 0.5) is 18.9 Å². The molecule has 0 radical (unpaired) electrons. The number of benzene rings is 1. The molecule has 0 heterocycles. The van der Waals surface area contributed by atoms with Crippen LogP contribution in [0.3, 0.4) is 0 Å². The summed E-state index contributed by atoms with van der Waals surface area (Å²) in [6, 6.07) is 4.04. The van der Waals surface area contributed by atoms with Crippen molar-refractivity contribution < 1.29 is 27.8 Å². The standard InChI is InChI=1S/C14H20F3N3O3S/c1-2-24-8-7-11(18)12(21)13(22)20-19-9-3-5-10(6-4-9)23-14(15,16)17/h3-6,11-12,19,21H,2,7-8,18H2,1H3,(H,20,22)/t11-,12?/m1/s1. The van der Waals surface area contributed by atoms with Crippen molar-refractivity contribution in [1.29, 1.82) is 0 Å². The van der Waals surface area contributed by atoms with E-state index in [1.165, 1.54) is 12.1 Å². The highest BCUT2D eigenvalue weighted by Gasteiger charge is 2.31. The number of carbonyl (C=O) groups excluding carboxylic acids is 1. The van der Waals surface area contributed by atoms with Gasteiger partial charge in [-0.1, -0.05) is 6.92 Å². The van der Waals surface area contributed by atoms with E-state index in [-0.39, 0.29) is 5.75 Å². The smallest absolute Gasteiger partial charge is 0.406 e. The molecule has 1 rings (SSSR count). The van der Waals surface area contributed by atoms with Crippen LogP contribution in [0.1, 0.15) is 13.3 Å². The van der Waals surface area contributed by atoms with Crippen molar-refractivity contribution in [3.63, 3.8) is 0 Å². The van der Waals surface area contributed by atoms with Crippen LogP contribution in [0.25, 0.3) is 0 Å². The largest absolute Gasteiger partial charge is 0.573 e. The van der Waals surface area contributed by atoms with Crippen LogP contribution in [-0.4, -0.2) is 41.0 Å². The Morgan fingerprint density at radius 2 is 2.00 bits per heavy atom. The molecule has 0 fully saturated rings. The van der Waals surface area contributed by atoms with Crippen molar-refractivity contribution in [1.82, 2.24) is 5.43 Å². The normalized spacial score (nSPS) is 13.9. The first-order chi connectivity index (χ1) is 11.2. The Kier molecular flexibility index (Phi) is 8.16. The van der Waals surface area contributed by atoms with Crippen LogP contribution in [0.15, 0.2) is 24.3 Å². The molecule has 0 aliphatic carbocycles. The predicted octanol–water partition coefficient (Wildman–Crippen LogP) is 1.86. The van der Waals surface area contributed by atoms with E-state index in [9.17, 15) is 23.1 Å². The minimum Gasteiger partial charge on any atom is -0.406 e. The molecule has 0 aliphatic heterocycles. The van der Waals surface area contributed by atoms with Gasteiger partial charge < -0.3 is 15.6 Å². The number of nitrogens with one attached hydrogen (secondary N) is 2. The second kappa shape index (κ2) is 9.60. The van der Waals surface area contributed by atoms with Gasteiger partial charge in [-0.2, -0.15) is 11.8 Å². The summed E-state index contributed by atoms with van der Waals surface area (Å²) in [7, 11) is 0. The highest BCUT2D eigenvalue weighted by Crippen LogP contribution is 2.23. The Hall–Kier alpha value is -1.65. The molecule has 10 heteroatoms. The number of aliphatic hydroxyl groups is 1. The molecule has 1 unspecified atom stereocenters. The van der Waals surface area contributed by atoms with Gasteiger partial charge in [0.1, 0.15) is 11.9 Å². The Labute approximate surface area is 141 Å². The summed E-state index contributed by atoms with van der Waals surface area (Å²) < 4.78 is 39.8. The van der Waals surface area contributed by atoms with E-state index in [1.54, 1.807) is 11.8 Å². The first-order valence-corrected chi connectivity index (χ1v) is 8.31. The zero-order valence-corrected chi connectivity index (χ0v) is 13.8. The van der Waals surface area contributed by atoms with Gasteiger partial charge >= 0.3 is 6.36 Å². The Balaban J connectivity index is 2.43. The monoisotopic (exact) mass is 367 g/mol. The number of amides is 1. The van der Waals surface area contributed by atoms with Crippen LogP contribution in [0, 0.1) is 0 Å². The quantitative estimate of drug-likeness (QED) is 0.393. The lowest BCUT2D eigenvalue weighted by molar-refractivity contribution is -0.274. The predicted molar refractivity (Wildman–Crippen MR) is 86.5 cm³/mol. The number of aliphatic hydroxyl groups excluding tert-OH is 1. The summed E-state index contributed by atoms with van der Waals surface area (Å²) in [5.41, 5.74) is 10.8. The molecule has 1 aromatic rings. The number of carbonyl (C=O) groups is 1.